The molecule has 116 valence electrons. The molecule has 2 amide bonds. The van der Waals surface area contributed by atoms with Crippen molar-refractivity contribution in [3.8, 4) is 0 Å². The standard InChI is InChI=1S/C16H18N2O4/c17-15(20)16(5-7-21-8-6-16)18-14(19)9-11-10-22-13-4-2-1-3-12(11)13/h1-4,10H,5-9H2,(H2,17,20)(H,18,19). The van der Waals surface area contributed by atoms with Crippen molar-refractivity contribution in [3.05, 3.63) is 36.1 Å². The van der Waals surface area contributed by atoms with E-state index in [-0.39, 0.29) is 12.3 Å². The number of ether oxygens (including phenoxy) is 1. The van der Waals surface area contributed by atoms with Crippen molar-refractivity contribution in [1.29, 1.82) is 0 Å². The van der Waals surface area contributed by atoms with Crippen LogP contribution >= 0.6 is 0 Å². The molecule has 0 saturated carbocycles. The van der Waals surface area contributed by atoms with Gasteiger partial charge in [0, 0.05) is 37.0 Å². The van der Waals surface area contributed by atoms with Crippen LogP contribution in [-0.2, 0) is 20.7 Å². The van der Waals surface area contributed by atoms with Crippen LogP contribution in [0.3, 0.4) is 0 Å². The van der Waals surface area contributed by atoms with E-state index in [0.29, 0.717) is 26.1 Å². The first-order chi connectivity index (χ1) is 10.6. The van der Waals surface area contributed by atoms with Crippen LogP contribution in [0.2, 0.25) is 0 Å². The third kappa shape index (κ3) is 2.69. The van der Waals surface area contributed by atoms with Gasteiger partial charge >= 0.3 is 0 Å². The fraction of sp³-hybridized carbons (Fsp3) is 0.375. The van der Waals surface area contributed by atoms with Crippen LogP contribution in [0.25, 0.3) is 11.0 Å². The number of nitrogens with one attached hydrogen (secondary N) is 1. The average molecular weight is 302 g/mol. The molecule has 6 heteroatoms. The van der Waals surface area contributed by atoms with E-state index in [2.05, 4.69) is 5.32 Å². The summed E-state index contributed by atoms with van der Waals surface area (Å²) in [6.07, 6.45) is 2.53. The van der Waals surface area contributed by atoms with Gasteiger partial charge in [0.25, 0.3) is 0 Å². The van der Waals surface area contributed by atoms with E-state index in [4.69, 9.17) is 14.9 Å². The summed E-state index contributed by atoms with van der Waals surface area (Å²) in [4.78, 5) is 24.1. The highest BCUT2D eigenvalue weighted by Gasteiger charge is 2.39. The van der Waals surface area contributed by atoms with Gasteiger partial charge in [0.2, 0.25) is 11.8 Å². The van der Waals surface area contributed by atoms with Crippen molar-refractivity contribution in [2.24, 2.45) is 5.73 Å². The van der Waals surface area contributed by atoms with E-state index in [1.807, 2.05) is 24.3 Å². The second-order valence-electron chi connectivity index (χ2n) is 5.54. The van der Waals surface area contributed by atoms with Gasteiger partial charge < -0.3 is 20.2 Å². The highest BCUT2D eigenvalue weighted by atomic mass is 16.5. The van der Waals surface area contributed by atoms with Crippen LogP contribution in [0, 0.1) is 0 Å². The molecule has 6 nitrogen and oxygen atoms in total. The number of nitrogens with two attached hydrogens (primary N) is 1. The van der Waals surface area contributed by atoms with E-state index in [0.717, 1.165) is 16.5 Å². The monoisotopic (exact) mass is 302 g/mol. The molecule has 2 heterocycles. The van der Waals surface area contributed by atoms with Crippen molar-refractivity contribution in [2.45, 2.75) is 24.8 Å². The molecule has 1 aromatic heterocycles. The Labute approximate surface area is 127 Å². The van der Waals surface area contributed by atoms with E-state index < -0.39 is 11.4 Å². The summed E-state index contributed by atoms with van der Waals surface area (Å²) in [7, 11) is 0. The Kier molecular flexibility index (Phi) is 3.85. The van der Waals surface area contributed by atoms with Crippen LogP contribution in [0.4, 0.5) is 0 Å². The van der Waals surface area contributed by atoms with Gasteiger partial charge in [-0.1, -0.05) is 18.2 Å². The molecule has 0 bridgehead atoms. The Balaban J connectivity index is 1.75. The third-order valence-electron chi connectivity index (χ3n) is 4.11. The van der Waals surface area contributed by atoms with Crippen molar-refractivity contribution in [1.82, 2.24) is 5.32 Å². The molecular formula is C16H18N2O4. The molecule has 1 saturated heterocycles. The molecule has 3 N–H and O–H groups in total. The number of hydrogen-bond donors (Lipinski definition) is 2. The quantitative estimate of drug-likeness (QED) is 0.885. The average Bonchev–Trinajstić information content (AvgIpc) is 2.91. The van der Waals surface area contributed by atoms with Crippen molar-refractivity contribution >= 4 is 22.8 Å². The van der Waals surface area contributed by atoms with Crippen LogP contribution < -0.4 is 11.1 Å². The Hall–Kier alpha value is -2.34. The van der Waals surface area contributed by atoms with Crippen molar-refractivity contribution < 1.29 is 18.7 Å². The lowest BCUT2D eigenvalue weighted by Crippen LogP contribution is -2.60. The van der Waals surface area contributed by atoms with Gasteiger partial charge in [-0.05, 0) is 6.07 Å². The molecule has 1 aromatic carbocycles. The van der Waals surface area contributed by atoms with Gasteiger partial charge in [0.05, 0.1) is 12.7 Å². The summed E-state index contributed by atoms with van der Waals surface area (Å²) >= 11 is 0. The van der Waals surface area contributed by atoms with Gasteiger partial charge in [-0.15, -0.1) is 0 Å². The Morgan fingerprint density at radius 1 is 1.23 bits per heavy atom. The number of para-hydroxylation sites is 1. The normalized spacial score (nSPS) is 17.3. The zero-order chi connectivity index (χ0) is 15.6. The third-order valence-corrected chi connectivity index (χ3v) is 4.11. The van der Waals surface area contributed by atoms with Crippen LogP contribution in [-0.4, -0.2) is 30.6 Å². The maximum absolute atomic E-state index is 12.3. The number of hydrogen-bond acceptors (Lipinski definition) is 4. The molecule has 2 aromatic rings. The maximum atomic E-state index is 12.3. The largest absolute Gasteiger partial charge is 0.464 e. The Morgan fingerprint density at radius 2 is 1.95 bits per heavy atom. The number of amides is 2. The van der Waals surface area contributed by atoms with E-state index in [1.165, 1.54) is 0 Å². The van der Waals surface area contributed by atoms with E-state index >= 15 is 0 Å². The highest BCUT2D eigenvalue weighted by Crippen LogP contribution is 2.23. The summed E-state index contributed by atoms with van der Waals surface area (Å²) in [6, 6.07) is 7.52. The summed E-state index contributed by atoms with van der Waals surface area (Å²) < 4.78 is 10.7. The lowest BCUT2D eigenvalue weighted by Gasteiger charge is -2.34. The van der Waals surface area contributed by atoms with Crippen molar-refractivity contribution in [3.63, 3.8) is 0 Å². The number of rotatable bonds is 4. The number of fused-ring (bicyclic) bond motifs is 1. The zero-order valence-corrected chi connectivity index (χ0v) is 12.1. The SMILES string of the molecule is NC(=O)C1(NC(=O)Cc2coc3ccccc23)CCOCC1. The lowest BCUT2D eigenvalue weighted by atomic mass is 9.89. The molecule has 1 aliphatic heterocycles. The summed E-state index contributed by atoms with van der Waals surface area (Å²) in [5.74, 6) is -0.756. The Bertz CT molecular complexity index is 701. The molecule has 0 spiro atoms. The first kappa shape index (κ1) is 14.6. The van der Waals surface area contributed by atoms with Crippen LogP contribution in [0.5, 0.6) is 0 Å². The van der Waals surface area contributed by atoms with Gasteiger partial charge in [0.1, 0.15) is 11.1 Å². The molecule has 22 heavy (non-hydrogen) atoms. The van der Waals surface area contributed by atoms with Gasteiger partial charge in [0.15, 0.2) is 0 Å². The molecule has 0 unspecified atom stereocenters. The zero-order valence-electron chi connectivity index (χ0n) is 12.1. The number of carbonyl (C=O) groups is 2. The van der Waals surface area contributed by atoms with Crippen LogP contribution in [0.1, 0.15) is 18.4 Å². The fourth-order valence-electron chi connectivity index (χ4n) is 2.81. The number of benzene rings is 1. The minimum Gasteiger partial charge on any atom is -0.464 e. The van der Waals surface area contributed by atoms with E-state index in [1.54, 1.807) is 6.26 Å². The number of primary amides is 1. The minimum atomic E-state index is -1.01. The molecule has 0 radical (unpaired) electrons. The second kappa shape index (κ2) is 5.81. The first-order valence-corrected chi connectivity index (χ1v) is 7.24. The van der Waals surface area contributed by atoms with Crippen molar-refractivity contribution in [2.75, 3.05) is 13.2 Å². The number of carbonyl (C=O) groups excluding carboxylic acids is 2. The highest BCUT2D eigenvalue weighted by molar-refractivity contribution is 5.93. The topological polar surface area (TPSA) is 94.6 Å². The fourth-order valence-corrected chi connectivity index (χ4v) is 2.81. The molecule has 0 atom stereocenters. The van der Waals surface area contributed by atoms with Gasteiger partial charge in [-0.3, -0.25) is 9.59 Å². The Morgan fingerprint density at radius 3 is 2.68 bits per heavy atom. The van der Waals surface area contributed by atoms with Crippen LogP contribution in [0.15, 0.2) is 34.9 Å². The predicted molar refractivity (Wildman–Crippen MR) is 80.0 cm³/mol. The van der Waals surface area contributed by atoms with Gasteiger partial charge in [-0.2, -0.15) is 0 Å². The molecule has 1 aliphatic rings. The second-order valence-corrected chi connectivity index (χ2v) is 5.54. The smallest absolute Gasteiger partial charge is 0.243 e. The minimum absolute atomic E-state index is 0.146. The van der Waals surface area contributed by atoms with Gasteiger partial charge in [-0.25, -0.2) is 0 Å². The molecule has 0 aliphatic carbocycles. The lowest BCUT2D eigenvalue weighted by molar-refractivity contribution is -0.135. The first-order valence-electron chi connectivity index (χ1n) is 7.24. The van der Waals surface area contributed by atoms with E-state index in [9.17, 15) is 9.59 Å². The summed E-state index contributed by atoms with van der Waals surface area (Å²) in [6.45, 7) is 0.829. The molecular weight excluding hydrogens is 284 g/mol. The molecule has 3 rings (SSSR count). The summed E-state index contributed by atoms with van der Waals surface area (Å²) in [5.41, 5.74) is 6.01. The summed E-state index contributed by atoms with van der Waals surface area (Å²) in [5, 5.41) is 3.70. The number of furan rings is 1. The predicted octanol–water partition coefficient (Wildman–Crippen LogP) is 1.13. The maximum Gasteiger partial charge on any atom is 0.243 e. The molecule has 1 fully saturated rings.